The van der Waals surface area contributed by atoms with Gasteiger partial charge >= 0.3 is 0 Å². The predicted octanol–water partition coefficient (Wildman–Crippen LogP) is 4.12. The van der Waals surface area contributed by atoms with Gasteiger partial charge in [0.15, 0.2) is 0 Å². The second-order valence-electron chi connectivity index (χ2n) is 8.05. The van der Waals surface area contributed by atoms with Crippen LogP contribution in [0.5, 0.6) is 0 Å². The van der Waals surface area contributed by atoms with Crippen LogP contribution in [0.25, 0.3) is 10.9 Å². The summed E-state index contributed by atoms with van der Waals surface area (Å²) in [5.41, 5.74) is 2.93. The Balaban J connectivity index is 1.67. The zero-order valence-corrected chi connectivity index (χ0v) is 16.2. The Labute approximate surface area is 162 Å². The molecule has 3 aromatic rings. The summed E-state index contributed by atoms with van der Waals surface area (Å²) in [6, 6.07) is 12.2. The fourth-order valence-corrected chi connectivity index (χ4v) is 3.59. The average molecular weight is 375 g/mol. The number of rotatable bonds is 2. The topological polar surface area (TPSA) is 82.3 Å². The molecule has 0 radical (unpaired) electrons. The number of anilines is 1. The molecule has 3 amide bonds. The number of aromatic amines is 1. The molecule has 0 unspecified atom stereocenters. The molecule has 0 spiro atoms. The predicted molar refractivity (Wildman–Crippen MR) is 108 cm³/mol. The normalized spacial score (nSPS) is 13.9. The zero-order chi connectivity index (χ0) is 20.2. The number of aromatic nitrogens is 1. The minimum absolute atomic E-state index is 0.267. The molecule has 6 nitrogen and oxygen atoms in total. The Morgan fingerprint density at radius 2 is 1.71 bits per heavy atom. The number of benzene rings is 2. The second-order valence-corrected chi connectivity index (χ2v) is 8.05. The third-order valence-corrected chi connectivity index (χ3v) is 4.87. The van der Waals surface area contributed by atoms with Gasteiger partial charge in [-0.1, -0.05) is 6.07 Å². The number of nitrogens with zero attached hydrogens (tertiary/aromatic N) is 1. The van der Waals surface area contributed by atoms with Crippen LogP contribution in [0.3, 0.4) is 0 Å². The first kappa shape index (κ1) is 18.0. The van der Waals surface area contributed by atoms with Crippen molar-refractivity contribution in [3.63, 3.8) is 0 Å². The van der Waals surface area contributed by atoms with Gasteiger partial charge in [-0.15, -0.1) is 0 Å². The van der Waals surface area contributed by atoms with Crippen molar-refractivity contribution in [2.24, 2.45) is 0 Å². The van der Waals surface area contributed by atoms with Gasteiger partial charge in [-0.25, -0.2) is 0 Å². The van der Waals surface area contributed by atoms with E-state index in [4.69, 9.17) is 0 Å². The summed E-state index contributed by atoms with van der Waals surface area (Å²) in [4.78, 5) is 42.6. The SMILES string of the molecule is Cc1cc2c(NC(=O)c3ccc4c(c3)C(=O)N(C(C)(C)C)C4=O)cccc2[nH]1. The van der Waals surface area contributed by atoms with Crippen molar-refractivity contribution in [2.45, 2.75) is 33.2 Å². The number of H-pyrrole nitrogens is 1. The zero-order valence-electron chi connectivity index (χ0n) is 16.2. The molecule has 2 heterocycles. The monoisotopic (exact) mass is 375 g/mol. The number of carbonyl (C=O) groups is 3. The van der Waals surface area contributed by atoms with Crippen molar-refractivity contribution in [3.8, 4) is 0 Å². The lowest BCUT2D eigenvalue weighted by molar-refractivity contribution is 0.0507. The van der Waals surface area contributed by atoms with E-state index in [9.17, 15) is 14.4 Å². The number of aryl methyl sites for hydroxylation is 1. The van der Waals surface area contributed by atoms with E-state index in [1.807, 2.05) is 52.0 Å². The van der Waals surface area contributed by atoms with Crippen LogP contribution in [0.15, 0.2) is 42.5 Å². The Morgan fingerprint density at radius 1 is 1.00 bits per heavy atom. The van der Waals surface area contributed by atoms with E-state index in [1.54, 1.807) is 12.1 Å². The van der Waals surface area contributed by atoms with E-state index in [1.165, 1.54) is 11.0 Å². The molecule has 0 saturated heterocycles. The molecule has 2 N–H and O–H groups in total. The molecule has 1 aliphatic heterocycles. The minimum Gasteiger partial charge on any atom is -0.359 e. The maximum atomic E-state index is 12.8. The largest absolute Gasteiger partial charge is 0.359 e. The summed E-state index contributed by atoms with van der Waals surface area (Å²) in [6.45, 7) is 7.38. The van der Waals surface area contributed by atoms with Crippen molar-refractivity contribution in [1.82, 2.24) is 9.88 Å². The molecule has 0 saturated carbocycles. The molecular weight excluding hydrogens is 354 g/mol. The lowest BCUT2D eigenvalue weighted by atomic mass is 10.0. The van der Waals surface area contributed by atoms with Gasteiger partial charge in [0.1, 0.15) is 0 Å². The lowest BCUT2D eigenvalue weighted by Gasteiger charge is -2.29. The van der Waals surface area contributed by atoms with Crippen molar-refractivity contribution in [1.29, 1.82) is 0 Å². The first-order valence-electron chi connectivity index (χ1n) is 9.09. The van der Waals surface area contributed by atoms with Gasteiger partial charge in [-0.05, 0) is 64.1 Å². The number of nitrogens with one attached hydrogen (secondary N) is 2. The Hall–Kier alpha value is -3.41. The molecule has 1 aliphatic rings. The summed E-state index contributed by atoms with van der Waals surface area (Å²) in [5.74, 6) is -1.03. The molecule has 6 heteroatoms. The van der Waals surface area contributed by atoms with Crippen LogP contribution >= 0.6 is 0 Å². The van der Waals surface area contributed by atoms with Gasteiger partial charge in [-0.3, -0.25) is 19.3 Å². The molecule has 28 heavy (non-hydrogen) atoms. The van der Waals surface area contributed by atoms with Gasteiger partial charge in [0.2, 0.25) is 0 Å². The smallest absolute Gasteiger partial charge is 0.262 e. The first-order valence-corrected chi connectivity index (χ1v) is 9.09. The molecule has 0 atom stereocenters. The lowest BCUT2D eigenvalue weighted by Crippen LogP contribution is -2.45. The van der Waals surface area contributed by atoms with Gasteiger partial charge in [0.25, 0.3) is 17.7 Å². The third kappa shape index (κ3) is 2.78. The average Bonchev–Trinajstić information content (AvgIpc) is 3.12. The number of hydrogen-bond donors (Lipinski definition) is 2. The van der Waals surface area contributed by atoms with Crippen LogP contribution in [0.1, 0.15) is 57.5 Å². The molecule has 2 aromatic carbocycles. The minimum atomic E-state index is -0.628. The quantitative estimate of drug-likeness (QED) is 0.661. The maximum Gasteiger partial charge on any atom is 0.262 e. The fourth-order valence-electron chi connectivity index (χ4n) is 3.59. The standard InChI is InChI=1S/C22H21N3O3/c1-12-10-16-17(23-12)6-5-7-18(16)24-19(26)13-8-9-14-15(11-13)21(28)25(20(14)27)22(2,3)4/h5-11,23H,1-4H3,(H,24,26). The molecule has 4 rings (SSSR count). The summed E-state index contributed by atoms with van der Waals surface area (Å²) >= 11 is 0. The highest BCUT2D eigenvalue weighted by Gasteiger charge is 2.42. The number of imide groups is 1. The van der Waals surface area contributed by atoms with Crippen LogP contribution < -0.4 is 5.32 Å². The Kier molecular flexibility index (Phi) is 3.89. The summed E-state index contributed by atoms with van der Waals surface area (Å²) in [5, 5.41) is 3.82. The van der Waals surface area contributed by atoms with Gasteiger partial charge < -0.3 is 10.3 Å². The van der Waals surface area contributed by atoms with Crippen LogP contribution in [-0.2, 0) is 0 Å². The molecule has 1 aromatic heterocycles. The van der Waals surface area contributed by atoms with E-state index in [-0.39, 0.29) is 23.3 Å². The van der Waals surface area contributed by atoms with Crippen molar-refractivity contribution in [2.75, 3.05) is 5.32 Å². The van der Waals surface area contributed by atoms with Crippen LogP contribution in [-0.4, -0.2) is 33.1 Å². The van der Waals surface area contributed by atoms with E-state index >= 15 is 0 Å². The molecule has 0 bridgehead atoms. The van der Waals surface area contributed by atoms with E-state index in [2.05, 4.69) is 10.3 Å². The number of amides is 3. The third-order valence-electron chi connectivity index (χ3n) is 4.87. The van der Waals surface area contributed by atoms with Gasteiger partial charge in [0, 0.05) is 27.7 Å². The van der Waals surface area contributed by atoms with Crippen LogP contribution in [0.2, 0.25) is 0 Å². The molecule has 0 aliphatic carbocycles. The highest BCUT2D eigenvalue weighted by molar-refractivity contribution is 6.23. The molecular formula is C22H21N3O3. The highest BCUT2D eigenvalue weighted by Crippen LogP contribution is 2.30. The van der Waals surface area contributed by atoms with E-state index < -0.39 is 5.54 Å². The van der Waals surface area contributed by atoms with Crippen molar-refractivity contribution in [3.05, 3.63) is 64.8 Å². The van der Waals surface area contributed by atoms with Crippen LogP contribution in [0.4, 0.5) is 5.69 Å². The van der Waals surface area contributed by atoms with Gasteiger partial charge in [-0.2, -0.15) is 0 Å². The summed E-state index contributed by atoms with van der Waals surface area (Å²) < 4.78 is 0. The summed E-state index contributed by atoms with van der Waals surface area (Å²) in [6.07, 6.45) is 0. The Bertz CT molecular complexity index is 1150. The van der Waals surface area contributed by atoms with Crippen molar-refractivity contribution >= 4 is 34.3 Å². The summed E-state index contributed by atoms with van der Waals surface area (Å²) in [7, 11) is 0. The van der Waals surface area contributed by atoms with Gasteiger partial charge in [0.05, 0.1) is 16.8 Å². The molecule has 142 valence electrons. The highest BCUT2D eigenvalue weighted by atomic mass is 16.2. The number of hydrogen-bond acceptors (Lipinski definition) is 3. The number of fused-ring (bicyclic) bond motifs is 2. The fraction of sp³-hybridized carbons (Fsp3) is 0.227. The first-order chi connectivity index (χ1) is 13.2. The van der Waals surface area contributed by atoms with Crippen LogP contribution in [0, 0.1) is 6.92 Å². The second kappa shape index (κ2) is 6.05. The van der Waals surface area contributed by atoms with Crippen molar-refractivity contribution < 1.29 is 14.4 Å². The Morgan fingerprint density at radius 3 is 2.43 bits per heavy atom. The van der Waals surface area contributed by atoms with E-state index in [0.29, 0.717) is 16.8 Å². The number of carbonyl (C=O) groups excluding carboxylic acids is 3. The van der Waals surface area contributed by atoms with E-state index in [0.717, 1.165) is 16.6 Å². The molecule has 0 fully saturated rings. The maximum absolute atomic E-state index is 12.8.